The molecule has 2 rings (SSSR count). The Hall–Kier alpha value is -1.11. The van der Waals surface area contributed by atoms with Crippen molar-refractivity contribution in [3.05, 3.63) is 12.3 Å². The summed E-state index contributed by atoms with van der Waals surface area (Å²) in [6, 6.07) is 2.41. The number of aliphatic hydroxyl groups excluding tert-OH is 1. The first-order chi connectivity index (χ1) is 7.81. The Morgan fingerprint density at radius 2 is 2.50 bits per heavy atom. The van der Waals surface area contributed by atoms with Gasteiger partial charge in [-0.2, -0.15) is 5.10 Å². The maximum Gasteiger partial charge on any atom is 0.124 e. The number of rotatable bonds is 6. The van der Waals surface area contributed by atoms with Crippen LogP contribution in [0.4, 0.5) is 5.82 Å². The van der Waals surface area contributed by atoms with Gasteiger partial charge in [-0.15, -0.1) is 0 Å². The summed E-state index contributed by atoms with van der Waals surface area (Å²) < 4.78 is 1.99. The van der Waals surface area contributed by atoms with Crippen molar-refractivity contribution in [2.24, 2.45) is 5.73 Å². The molecule has 2 heterocycles. The van der Waals surface area contributed by atoms with Crippen molar-refractivity contribution in [1.82, 2.24) is 15.1 Å². The Balaban J connectivity index is 1.82. The SMILES string of the molecule is NCC(O)CCNc1ccnn1C1CNC1. The second kappa shape index (κ2) is 5.29. The maximum atomic E-state index is 9.32. The lowest BCUT2D eigenvalue weighted by atomic mass is 10.2. The van der Waals surface area contributed by atoms with E-state index in [2.05, 4.69) is 15.7 Å². The lowest BCUT2D eigenvalue weighted by Gasteiger charge is -2.29. The van der Waals surface area contributed by atoms with Crippen LogP contribution in [0.1, 0.15) is 12.5 Å². The average Bonchev–Trinajstić information content (AvgIpc) is 2.64. The second-order valence-electron chi connectivity index (χ2n) is 4.08. The molecule has 1 aromatic heterocycles. The molecule has 1 saturated heterocycles. The first-order valence-corrected chi connectivity index (χ1v) is 5.67. The van der Waals surface area contributed by atoms with E-state index in [4.69, 9.17) is 5.73 Å². The van der Waals surface area contributed by atoms with Crippen molar-refractivity contribution < 1.29 is 5.11 Å². The van der Waals surface area contributed by atoms with Crippen LogP contribution in [0.3, 0.4) is 0 Å². The molecule has 0 aromatic carbocycles. The van der Waals surface area contributed by atoms with Crippen LogP contribution < -0.4 is 16.4 Å². The molecule has 1 fully saturated rings. The number of hydrogen-bond acceptors (Lipinski definition) is 5. The van der Waals surface area contributed by atoms with Gasteiger partial charge in [0.15, 0.2) is 0 Å². The van der Waals surface area contributed by atoms with Crippen LogP contribution in [0.2, 0.25) is 0 Å². The molecule has 1 aliphatic rings. The summed E-state index contributed by atoms with van der Waals surface area (Å²) in [7, 11) is 0. The standard InChI is InChI=1S/C10H19N5O/c11-5-9(16)1-3-13-10-2-4-14-15(10)8-6-12-7-8/h2,4,8-9,12-13,16H,1,3,5-7,11H2. The maximum absolute atomic E-state index is 9.32. The fraction of sp³-hybridized carbons (Fsp3) is 0.700. The molecule has 0 saturated carbocycles. The minimum atomic E-state index is -0.422. The van der Waals surface area contributed by atoms with E-state index in [0.717, 1.165) is 18.9 Å². The number of aliphatic hydroxyl groups is 1. The van der Waals surface area contributed by atoms with Crippen LogP contribution in [-0.2, 0) is 0 Å². The minimum absolute atomic E-state index is 0.313. The molecule has 5 N–H and O–H groups in total. The smallest absolute Gasteiger partial charge is 0.124 e. The highest BCUT2D eigenvalue weighted by Gasteiger charge is 2.21. The summed E-state index contributed by atoms with van der Waals surface area (Å²) in [5.74, 6) is 1.01. The number of anilines is 1. The van der Waals surface area contributed by atoms with Gasteiger partial charge in [0.2, 0.25) is 0 Å². The van der Waals surface area contributed by atoms with E-state index in [9.17, 15) is 5.11 Å². The zero-order valence-corrected chi connectivity index (χ0v) is 9.26. The quantitative estimate of drug-likeness (QED) is 0.506. The highest BCUT2D eigenvalue weighted by atomic mass is 16.3. The van der Waals surface area contributed by atoms with Crippen molar-refractivity contribution in [3.63, 3.8) is 0 Å². The third kappa shape index (κ3) is 2.52. The molecule has 0 radical (unpaired) electrons. The molecule has 6 heteroatoms. The Kier molecular flexibility index (Phi) is 3.76. The van der Waals surface area contributed by atoms with Gasteiger partial charge in [0, 0.05) is 32.2 Å². The van der Waals surface area contributed by atoms with E-state index in [1.165, 1.54) is 0 Å². The molecular formula is C10H19N5O. The summed E-state index contributed by atoms with van der Waals surface area (Å²) in [5.41, 5.74) is 5.34. The molecule has 6 nitrogen and oxygen atoms in total. The van der Waals surface area contributed by atoms with Crippen molar-refractivity contribution in [3.8, 4) is 0 Å². The predicted molar refractivity (Wildman–Crippen MR) is 62.3 cm³/mol. The number of nitrogens with two attached hydrogens (primary N) is 1. The highest BCUT2D eigenvalue weighted by Crippen LogP contribution is 2.17. The van der Waals surface area contributed by atoms with Gasteiger partial charge in [-0.05, 0) is 6.42 Å². The van der Waals surface area contributed by atoms with E-state index in [1.807, 2.05) is 10.7 Å². The number of nitrogens with zero attached hydrogens (tertiary/aromatic N) is 2. The Bertz CT molecular complexity index is 323. The molecule has 0 amide bonds. The van der Waals surface area contributed by atoms with E-state index in [0.29, 0.717) is 25.6 Å². The van der Waals surface area contributed by atoms with Crippen LogP contribution in [0, 0.1) is 0 Å². The first-order valence-electron chi connectivity index (χ1n) is 5.67. The summed E-state index contributed by atoms with van der Waals surface area (Å²) >= 11 is 0. The molecule has 0 aliphatic carbocycles. The van der Waals surface area contributed by atoms with E-state index < -0.39 is 6.10 Å². The van der Waals surface area contributed by atoms with Gasteiger partial charge in [0.1, 0.15) is 5.82 Å². The fourth-order valence-electron chi connectivity index (χ4n) is 1.68. The lowest BCUT2D eigenvalue weighted by molar-refractivity contribution is 0.176. The van der Waals surface area contributed by atoms with E-state index in [-0.39, 0.29) is 0 Å². The average molecular weight is 225 g/mol. The van der Waals surface area contributed by atoms with Gasteiger partial charge < -0.3 is 21.5 Å². The molecule has 1 aromatic rings. The Morgan fingerprint density at radius 1 is 1.69 bits per heavy atom. The normalized spacial score (nSPS) is 18.1. The van der Waals surface area contributed by atoms with Crippen LogP contribution in [0.5, 0.6) is 0 Å². The van der Waals surface area contributed by atoms with Crippen molar-refractivity contribution in [2.45, 2.75) is 18.6 Å². The topological polar surface area (TPSA) is 88.1 Å². The molecule has 0 spiro atoms. The fourth-order valence-corrected chi connectivity index (χ4v) is 1.68. The van der Waals surface area contributed by atoms with Gasteiger partial charge >= 0.3 is 0 Å². The Morgan fingerprint density at radius 3 is 3.12 bits per heavy atom. The van der Waals surface area contributed by atoms with Gasteiger partial charge in [-0.25, -0.2) is 4.68 Å². The third-order valence-electron chi connectivity index (χ3n) is 2.83. The number of hydrogen-bond donors (Lipinski definition) is 4. The molecular weight excluding hydrogens is 206 g/mol. The highest BCUT2D eigenvalue weighted by molar-refractivity contribution is 5.34. The van der Waals surface area contributed by atoms with Crippen LogP contribution in [0.15, 0.2) is 12.3 Å². The van der Waals surface area contributed by atoms with Crippen LogP contribution in [-0.4, -0.2) is 47.2 Å². The molecule has 1 atom stereocenters. The molecule has 0 bridgehead atoms. The molecule has 1 unspecified atom stereocenters. The van der Waals surface area contributed by atoms with E-state index in [1.54, 1.807) is 6.20 Å². The van der Waals surface area contributed by atoms with Gasteiger partial charge in [-0.3, -0.25) is 0 Å². The van der Waals surface area contributed by atoms with Gasteiger partial charge in [0.25, 0.3) is 0 Å². The lowest BCUT2D eigenvalue weighted by Crippen LogP contribution is -2.44. The van der Waals surface area contributed by atoms with Crippen LogP contribution >= 0.6 is 0 Å². The minimum Gasteiger partial charge on any atom is -0.392 e. The zero-order valence-electron chi connectivity index (χ0n) is 9.26. The largest absolute Gasteiger partial charge is 0.392 e. The Labute approximate surface area is 94.8 Å². The monoisotopic (exact) mass is 225 g/mol. The zero-order chi connectivity index (χ0) is 11.4. The van der Waals surface area contributed by atoms with Gasteiger partial charge in [0.05, 0.1) is 18.3 Å². The molecule has 1 aliphatic heterocycles. The van der Waals surface area contributed by atoms with E-state index >= 15 is 0 Å². The summed E-state index contributed by atoms with van der Waals surface area (Å²) in [4.78, 5) is 0. The summed E-state index contributed by atoms with van der Waals surface area (Å²) in [6.45, 7) is 2.97. The van der Waals surface area contributed by atoms with Crippen molar-refractivity contribution in [2.75, 3.05) is 31.5 Å². The van der Waals surface area contributed by atoms with Crippen molar-refractivity contribution >= 4 is 5.82 Å². The second-order valence-corrected chi connectivity index (χ2v) is 4.08. The third-order valence-corrected chi connectivity index (χ3v) is 2.83. The summed E-state index contributed by atoms with van der Waals surface area (Å²) in [5, 5.41) is 20.1. The molecule has 90 valence electrons. The molecule has 16 heavy (non-hydrogen) atoms. The number of aromatic nitrogens is 2. The predicted octanol–water partition coefficient (Wildman–Crippen LogP) is -0.851. The summed E-state index contributed by atoms with van der Waals surface area (Å²) in [6.07, 6.45) is 2.03. The van der Waals surface area contributed by atoms with Gasteiger partial charge in [-0.1, -0.05) is 0 Å². The van der Waals surface area contributed by atoms with Crippen LogP contribution in [0.25, 0.3) is 0 Å². The first kappa shape index (κ1) is 11.4. The van der Waals surface area contributed by atoms with Crippen molar-refractivity contribution in [1.29, 1.82) is 0 Å². The number of nitrogens with one attached hydrogen (secondary N) is 2.